The Bertz CT molecular complexity index is 56.4. The van der Waals surface area contributed by atoms with Crippen LogP contribution >= 0.6 is 0 Å². The van der Waals surface area contributed by atoms with Gasteiger partial charge in [-0.25, -0.2) is 0 Å². The molecule has 69 valence electrons. The van der Waals surface area contributed by atoms with E-state index in [1.165, 1.54) is 44.9 Å². The lowest BCUT2D eigenvalue weighted by molar-refractivity contribution is 0.581. The van der Waals surface area contributed by atoms with Gasteiger partial charge in [0.2, 0.25) is 0 Å². The van der Waals surface area contributed by atoms with Crippen LogP contribution in [0.1, 0.15) is 57.8 Å². The summed E-state index contributed by atoms with van der Waals surface area (Å²) >= 11 is 0. The van der Waals surface area contributed by atoms with Crippen molar-refractivity contribution in [2.75, 3.05) is 0 Å². The molecule has 0 saturated heterocycles. The fourth-order valence-electron chi connectivity index (χ4n) is 1.29. The largest absolute Gasteiger partial charge is 0.0533 e. The third kappa shape index (κ3) is 10.0. The van der Waals surface area contributed by atoms with Crippen LogP contribution in [0.3, 0.4) is 0 Å². The predicted molar refractivity (Wildman–Crippen MR) is 54.5 cm³/mol. The highest BCUT2D eigenvalue weighted by molar-refractivity contribution is 4.65. The van der Waals surface area contributed by atoms with E-state index in [2.05, 4.69) is 0 Å². The Kier molecular flexibility index (Phi) is 11.0. The normalized spacial score (nSPS) is 10.5. The first kappa shape index (κ1) is 12.0. The molecule has 0 heteroatoms. The monoisotopic (exact) mass is 165 g/mol. The van der Waals surface area contributed by atoms with Crippen LogP contribution in [0, 0.1) is 20.3 Å². The van der Waals surface area contributed by atoms with Crippen LogP contribution in [0.4, 0.5) is 0 Å². The van der Waals surface area contributed by atoms with Crippen molar-refractivity contribution in [2.24, 2.45) is 0 Å². The van der Waals surface area contributed by atoms with Gasteiger partial charge in [0, 0.05) is 0 Å². The second-order valence-corrected chi connectivity index (χ2v) is 3.29. The molecule has 0 fully saturated rings. The van der Waals surface area contributed by atoms with Crippen LogP contribution in [0.25, 0.3) is 0 Å². The van der Waals surface area contributed by atoms with Gasteiger partial charge in [-0.3, -0.25) is 0 Å². The Morgan fingerprint density at radius 2 is 1.25 bits per heavy atom. The molecule has 5 radical (unpaired) electrons. The van der Waals surface area contributed by atoms with E-state index in [-0.39, 0.29) is 0 Å². The van der Waals surface area contributed by atoms with Gasteiger partial charge in [-0.05, 0) is 33.1 Å². The lowest BCUT2D eigenvalue weighted by Gasteiger charge is -1.99. The zero-order chi connectivity index (χ0) is 9.07. The SMILES string of the molecule is [CH][CH]CCCCCCCCC[CH]. The highest BCUT2D eigenvalue weighted by Crippen LogP contribution is 2.09. The third-order valence-electron chi connectivity index (χ3n) is 2.07. The molecular formula is C12H21. The first-order chi connectivity index (χ1) is 5.91. The summed E-state index contributed by atoms with van der Waals surface area (Å²) in [4.78, 5) is 0. The van der Waals surface area contributed by atoms with Gasteiger partial charge in [-0.15, -0.1) is 0 Å². The van der Waals surface area contributed by atoms with E-state index >= 15 is 0 Å². The third-order valence-corrected chi connectivity index (χ3v) is 2.07. The zero-order valence-corrected chi connectivity index (χ0v) is 8.10. The van der Waals surface area contributed by atoms with E-state index in [9.17, 15) is 0 Å². The minimum Gasteiger partial charge on any atom is -0.0533 e. The maximum Gasteiger partial charge on any atom is -0.0315 e. The average Bonchev–Trinajstić information content (AvgIpc) is 2.10. The van der Waals surface area contributed by atoms with E-state index in [4.69, 9.17) is 13.8 Å². The number of hydrogen-bond donors (Lipinski definition) is 0. The maximum absolute atomic E-state index is 5.39. The minimum atomic E-state index is 0.849. The molecule has 0 heterocycles. The molecule has 0 atom stereocenters. The summed E-state index contributed by atoms with van der Waals surface area (Å²) in [5.74, 6) is 0. The summed E-state index contributed by atoms with van der Waals surface area (Å²) in [6.07, 6.45) is 12.8. The van der Waals surface area contributed by atoms with Crippen molar-refractivity contribution < 1.29 is 0 Å². The molecule has 12 heavy (non-hydrogen) atoms. The van der Waals surface area contributed by atoms with E-state index in [0.717, 1.165) is 12.8 Å². The second kappa shape index (κ2) is 11.0. The highest BCUT2D eigenvalue weighted by Gasteiger charge is 1.90. The summed E-state index contributed by atoms with van der Waals surface area (Å²) < 4.78 is 0. The number of hydrogen-bond acceptors (Lipinski definition) is 0. The Hall–Kier alpha value is 0. The predicted octanol–water partition coefficient (Wildman–Crippen LogP) is 4.12. The molecule has 0 unspecified atom stereocenters. The lowest BCUT2D eigenvalue weighted by atomic mass is 10.1. The maximum atomic E-state index is 5.39. The standard InChI is InChI=1S/C12H21/c1-3-5-7-9-11-12-10-8-6-4-2/h1-3H,4-12H2. The Balaban J connectivity index is 2.73. The molecule has 0 rings (SSSR count). The first-order valence-electron chi connectivity index (χ1n) is 5.15. The Morgan fingerprint density at radius 3 is 1.75 bits per heavy atom. The molecule has 0 aromatic carbocycles. The highest BCUT2D eigenvalue weighted by atomic mass is 14.0. The Labute approximate surface area is 78.8 Å². The van der Waals surface area contributed by atoms with E-state index in [0.29, 0.717) is 0 Å². The lowest BCUT2D eigenvalue weighted by Crippen LogP contribution is -1.80. The van der Waals surface area contributed by atoms with E-state index in [1.54, 1.807) is 6.42 Å². The van der Waals surface area contributed by atoms with Crippen LogP contribution in [0.15, 0.2) is 0 Å². The molecule has 0 saturated carbocycles. The van der Waals surface area contributed by atoms with Crippen LogP contribution in [-0.2, 0) is 0 Å². The molecule has 0 amide bonds. The molecule has 0 aliphatic carbocycles. The summed E-state index contributed by atoms with van der Waals surface area (Å²) in [6.45, 7) is 10.7. The zero-order valence-electron chi connectivity index (χ0n) is 8.10. The molecule has 0 bridgehead atoms. The fraction of sp³-hybridized carbons (Fsp3) is 0.750. The topological polar surface area (TPSA) is 0 Å². The summed E-state index contributed by atoms with van der Waals surface area (Å²) in [6, 6.07) is 0. The molecule has 0 aliphatic heterocycles. The summed E-state index contributed by atoms with van der Waals surface area (Å²) in [5, 5.41) is 0. The van der Waals surface area contributed by atoms with Crippen LogP contribution in [0.2, 0.25) is 0 Å². The van der Waals surface area contributed by atoms with Crippen molar-refractivity contribution in [3.63, 3.8) is 0 Å². The van der Waals surface area contributed by atoms with Gasteiger partial charge in [0.05, 0.1) is 0 Å². The average molecular weight is 165 g/mol. The van der Waals surface area contributed by atoms with Crippen molar-refractivity contribution >= 4 is 0 Å². The van der Waals surface area contributed by atoms with Gasteiger partial charge < -0.3 is 0 Å². The van der Waals surface area contributed by atoms with Gasteiger partial charge in [-0.1, -0.05) is 44.9 Å². The summed E-state index contributed by atoms with van der Waals surface area (Å²) in [5.41, 5.74) is 0. The molecule has 0 N–H and O–H groups in total. The van der Waals surface area contributed by atoms with Gasteiger partial charge in [0.25, 0.3) is 0 Å². The van der Waals surface area contributed by atoms with Gasteiger partial charge in [-0.2, -0.15) is 0 Å². The molecule has 0 nitrogen and oxygen atoms in total. The van der Waals surface area contributed by atoms with Gasteiger partial charge in [0.1, 0.15) is 0 Å². The number of rotatable bonds is 9. The first-order valence-corrected chi connectivity index (χ1v) is 5.15. The Morgan fingerprint density at radius 1 is 0.750 bits per heavy atom. The summed E-state index contributed by atoms with van der Waals surface area (Å²) in [7, 11) is 0. The molecular weight excluding hydrogens is 144 g/mol. The molecule has 0 spiro atoms. The fourth-order valence-corrected chi connectivity index (χ4v) is 1.29. The minimum absolute atomic E-state index is 0.849. The van der Waals surface area contributed by atoms with Crippen molar-refractivity contribution in [2.45, 2.75) is 57.8 Å². The smallest absolute Gasteiger partial charge is 0.0315 e. The van der Waals surface area contributed by atoms with Gasteiger partial charge >= 0.3 is 0 Å². The van der Waals surface area contributed by atoms with Crippen LogP contribution in [0.5, 0.6) is 0 Å². The van der Waals surface area contributed by atoms with Crippen LogP contribution < -0.4 is 0 Å². The molecule has 0 aromatic heterocycles. The van der Waals surface area contributed by atoms with Crippen molar-refractivity contribution in [3.05, 3.63) is 20.3 Å². The van der Waals surface area contributed by atoms with Gasteiger partial charge in [0.15, 0.2) is 0 Å². The van der Waals surface area contributed by atoms with Crippen molar-refractivity contribution in [1.29, 1.82) is 0 Å². The quantitative estimate of drug-likeness (QED) is 0.451. The molecule has 0 aromatic rings. The van der Waals surface area contributed by atoms with Crippen molar-refractivity contribution in [1.82, 2.24) is 0 Å². The van der Waals surface area contributed by atoms with E-state index in [1.807, 2.05) is 0 Å². The molecule has 0 aliphatic rings. The second-order valence-electron chi connectivity index (χ2n) is 3.29. The van der Waals surface area contributed by atoms with E-state index < -0.39 is 0 Å². The van der Waals surface area contributed by atoms with Crippen LogP contribution in [-0.4, -0.2) is 0 Å². The number of unbranched alkanes of at least 4 members (excludes halogenated alkanes) is 9. The van der Waals surface area contributed by atoms with Crippen molar-refractivity contribution in [3.8, 4) is 0 Å².